The van der Waals surface area contributed by atoms with E-state index in [2.05, 4.69) is 5.32 Å². The minimum atomic E-state index is -0.716. The van der Waals surface area contributed by atoms with Crippen LogP contribution < -0.4 is 19.5 Å². The van der Waals surface area contributed by atoms with E-state index in [1.807, 2.05) is 19.1 Å². The Morgan fingerprint density at radius 1 is 1.08 bits per heavy atom. The Balaban J connectivity index is 2.01. The topological polar surface area (TPSA) is 60.0 Å². The van der Waals surface area contributed by atoms with E-state index in [1.54, 1.807) is 26.4 Å². The van der Waals surface area contributed by atoms with Gasteiger partial charge in [-0.15, -0.1) is 0 Å². The van der Waals surface area contributed by atoms with E-state index in [0.29, 0.717) is 42.5 Å². The highest BCUT2D eigenvalue weighted by Crippen LogP contribution is 2.38. The normalized spacial score (nSPS) is 11.9. The van der Waals surface area contributed by atoms with Crippen LogP contribution in [0.1, 0.15) is 24.2 Å². The van der Waals surface area contributed by atoms with Crippen LogP contribution in [-0.4, -0.2) is 32.5 Å². The fourth-order valence-electron chi connectivity index (χ4n) is 2.48. The lowest BCUT2D eigenvalue weighted by Gasteiger charge is -2.16. The first-order valence-electron chi connectivity index (χ1n) is 8.11. The predicted octanol–water partition coefficient (Wildman–Crippen LogP) is 3.06. The summed E-state index contributed by atoms with van der Waals surface area (Å²) < 4.78 is 29.2. The van der Waals surface area contributed by atoms with Crippen molar-refractivity contribution in [3.05, 3.63) is 53.3 Å². The molecule has 0 saturated heterocycles. The van der Waals surface area contributed by atoms with Gasteiger partial charge in [-0.25, -0.2) is 4.39 Å². The Labute approximate surface area is 147 Å². The van der Waals surface area contributed by atoms with Crippen LogP contribution in [0.15, 0.2) is 36.4 Å². The highest BCUT2D eigenvalue weighted by Gasteiger charge is 2.14. The summed E-state index contributed by atoms with van der Waals surface area (Å²) in [5.74, 6) is 1.44. The molecule has 0 heterocycles. The zero-order chi connectivity index (χ0) is 18.2. The van der Waals surface area contributed by atoms with Gasteiger partial charge in [-0.1, -0.05) is 12.1 Å². The van der Waals surface area contributed by atoms with Crippen LogP contribution in [0.2, 0.25) is 0 Å². The van der Waals surface area contributed by atoms with Crippen molar-refractivity contribution in [1.82, 2.24) is 5.32 Å². The van der Waals surface area contributed by atoms with E-state index in [-0.39, 0.29) is 5.82 Å². The monoisotopic (exact) mass is 349 g/mol. The van der Waals surface area contributed by atoms with Gasteiger partial charge >= 0.3 is 0 Å². The molecule has 6 heteroatoms. The van der Waals surface area contributed by atoms with Crippen molar-refractivity contribution >= 4 is 0 Å². The van der Waals surface area contributed by atoms with Crippen LogP contribution in [0.4, 0.5) is 4.39 Å². The third kappa shape index (κ3) is 5.08. The van der Waals surface area contributed by atoms with Gasteiger partial charge in [0, 0.05) is 13.1 Å². The van der Waals surface area contributed by atoms with E-state index in [0.717, 1.165) is 5.56 Å². The molecule has 2 N–H and O–H groups in total. The zero-order valence-electron chi connectivity index (χ0n) is 14.7. The van der Waals surface area contributed by atoms with Gasteiger partial charge in [-0.2, -0.15) is 0 Å². The molecule has 0 saturated carbocycles. The summed E-state index contributed by atoms with van der Waals surface area (Å²) in [4.78, 5) is 0. The predicted molar refractivity (Wildman–Crippen MR) is 93.8 cm³/mol. The Bertz CT molecular complexity index is 651. The van der Waals surface area contributed by atoms with Crippen LogP contribution in [0.5, 0.6) is 17.2 Å². The molecule has 1 unspecified atom stereocenters. The molecule has 0 radical (unpaired) electrons. The van der Waals surface area contributed by atoms with E-state index < -0.39 is 6.10 Å². The zero-order valence-corrected chi connectivity index (χ0v) is 14.7. The lowest BCUT2D eigenvalue weighted by atomic mass is 10.1. The van der Waals surface area contributed by atoms with E-state index in [9.17, 15) is 9.50 Å². The fourth-order valence-corrected chi connectivity index (χ4v) is 2.48. The van der Waals surface area contributed by atoms with Gasteiger partial charge in [-0.05, 0) is 42.3 Å². The third-order valence-corrected chi connectivity index (χ3v) is 3.73. The van der Waals surface area contributed by atoms with Crippen molar-refractivity contribution in [3.63, 3.8) is 0 Å². The third-order valence-electron chi connectivity index (χ3n) is 3.73. The summed E-state index contributed by atoms with van der Waals surface area (Å²) in [7, 11) is 3.15. The standard InChI is InChI=1S/C19H24FNO4/c1-4-25-19-17(23-2)9-13(10-18(19)24-3)11-21-12-16(22)14-5-7-15(20)8-6-14/h5-10,16,21-22H,4,11-12H2,1-3H3. The molecule has 1 atom stereocenters. The lowest BCUT2D eigenvalue weighted by molar-refractivity contribution is 0.174. The quantitative estimate of drug-likeness (QED) is 0.729. The minimum absolute atomic E-state index is 0.322. The number of methoxy groups -OCH3 is 2. The number of hydrogen-bond acceptors (Lipinski definition) is 5. The average Bonchev–Trinajstić information content (AvgIpc) is 2.63. The molecular weight excluding hydrogens is 325 g/mol. The van der Waals surface area contributed by atoms with Crippen LogP contribution in [0.3, 0.4) is 0 Å². The molecule has 0 aliphatic heterocycles. The summed E-state index contributed by atoms with van der Waals surface area (Å²) in [5, 5.41) is 13.3. The van der Waals surface area contributed by atoms with Crippen LogP contribution in [0.25, 0.3) is 0 Å². The molecular formula is C19H24FNO4. The molecule has 0 aromatic heterocycles. The molecule has 2 rings (SSSR count). The molecule has 136 valence electrons. The number of rotatable bonds is 9. The smallest absolute Gasteiger partial charge is 0.203 e. The first kappa shape index (κ1) is 19.0. The molecule has 0 bridgehead atoms. The second-order valence-corrected chi connectivity index (χ2v) is 5.46. The molecule has 2 aromatic carbocycles. The summed E-state index contributed by atoms with van der Waals surface area (Å²) in [5.41, 5.74) is 1.60. The van der Waals surface area contributed by atoms with Crippen molar-refractivity contribution in [2.24, 2.45) is 0 Å². The second-order valence-electron chi connectivity index (χ2n) is 5.46. The number of benzene rings is 2. The van der Waals surface area contributed by atoms with Crippen LogP contribution in [-0.2, 0) is 6.54 Å². The Morgan fingerprint density at radius 2 is 1.68 bits per heavy atom. The van der Waals surface area contributed by atoms with E-state index in [1.165, 1.54) is 12.1 Å². The number of ether oxygens (including phenoxy) is 3. The van der Waals surface area contributed by atoms with Crippen molar-refractivity contribution in [3.8, 4) is 17.2 Å². The second kappa shape index (κ2) is 9.25. The number of aliphatic hydroxyl groups is 1. The van der Waals surface area contributed by atoms with Crippen LogP contribution in [0, 0.1) is 5.82 Å². The Morgan fingerprint density at radius 3 is 2.20 bits per heavy atom. The van der Waals surface area contributed by atoms with E-state index in [4.69, 9.17) is 14.2 Å². The molecule has 0 aliphatic carbocycles. The maximum Gasteiger partial charge on any atom is 0.203 e. The van der Waals surface area contributed by atoms with Gasteiger partial charge in [0.25, 0.3) is 0 Å². The largest absolute Gasteiger partial charge is 0.493 e. The highest BCUT2D eigenvalue weighted by molar-refractivity contribution is 5.53. The van der Waals surface area contributed by atoms with Crippen LogP contribution >= 0.6 is 0 Å². The van der Waals surface area contributed by atoms with Crippen molar-refractivity contribution in [1.29, 1.82) is 0 Å². The van der Waals surface area contributed by atoms with Crippen molar-refractivity contribution in [2.45, 2.75) is 19.6 Å². The Hall–Kier alpha value is -2.31. The van der Waals surface area contributed by atoms with Gasteiger partial charge in [0.05, 0.1) is 26.9 Å². The summed E-state index contributed by atoms with van der Waals surface area (Å²) in [6.45, 7) is 3.25. The van der Waals surface area contributed by atoms with Crippen molar-refractivity contribution < 1.29 is 23.7 Å². The minimum Gasteiger partial charge on any atom is -0.493 e. The number of halogens is 1. The van der Waals surface area contributed by atoms with Gasteiger partial charge in [0.2, 0.25) is 5.75 Å². The summed E-state index contributed by atoms with van der Waals surface area (Å²) in [6, 6.07) is 9.55. The average molecular weight is 349 g/mol. The number of aliphatic hydroxyl groups excluding tert-OH is 1. The number of nitrogens with one attached hydrogen (secondary N) is 1. The Kier molecular flexibility index (Phi) is 7.03. The number of hydrogen-bond donors (Lipinski definition) is 2. The maximum atomic E-state index is 12.9. The van der Waals surface area contributed by atoms with Gasteiger partial charge in [0.1, 0.15) is 5.82 Å². The molecule has 0 fully saturated rings. The van der Waals surface area contributed by atoms with Gasteiger partial charge in [0.15, 0.2) is 11.5 Å². The SMILES string of the molecule is CCOc1c(OC)cc(CNCC(O)c2ccc(F)cc2)cc1OC. The highest BCUT2D eigenvalue weighted by atomic mass is 19.1. The van der Waals surface area contributed by atoms with Crippen molar-refractivity contribution in [2.75, 3.05) is 27.4 Å². The van der Waals surface area contributed by atoms with Gasteiger partial charge < -0.3 is 24.6 Å². The van der Waals surface area contributed by atoms with Gasteiger partial charge in [-0.3, -0.25) is 0 Å². The molecule has 0 spiro atoms. The molecule has 2 aromatic rings. The lowest BCUT2D eigenvalue weighted by Crippen LogP contribution is -2.21. The first-order valence-corrected chi connectivity index (χ1v) is 8.11. The first-order chi connectivity index (χ1) is 12.1. The molecule has 0 amide bonds. The summed E-state index contributed by atoms with van der Waals surface area (Å²) in [6.07, 6.45) is -0.716. The molecule has 0 aliphatic rings. The fraction of sp³-hybridized carbons (Fsp3) is 0.368. The molecule has 5 nitrogen and oxygen atoms in total. The maximum absolute atomic E-state index is 12.9. The molecule has 25 heavy (non-hydrogen) atoms. The summed E-state index contributed by atoms with van der Waals surface area (Å²) >= 11 is 0. The van der Waals surface area contributed by atoms with E-state index >= 15 is 0 Å².